The standard InChI is InChI=1S/C12H12BrF3N4OS/c1-5-4-17-11(22-5)18-10(21)7(3)20-6(2)8(13)9(19-20)12(14,15)16/h4,7H,1-3H3,(H,17,18,21)/t7-/m1/s1. The molecule has 2 aromatic rings. The van der Waals surface area contributed by atoms with Crippen molar-refractivity contribution >= 4 is 38.3 Å². The van der Waals surface area contributed by atoms with Crippen molar-refractivity contribution in [2.24, 2.45) is 0 Å². The minimum absolute atomic E-state index is 0.162. The van der Waals surface area contributed by atoms with E-state index >= 15 is 0 Å². The van der Waals surface area contributed by atoms with Crippen LogP contribution in [0.4, 0.5) is 18.3 Å². The lowest BCUT2D eigenvalue weighted by Crippen LogP contribution is -2.25. The number of aromatic nitrogens is 3. The van der Waals surface area contributed by atoms with E-state index in [1.54, 1.807) is 6.20 Å². The first-order valence-corrected chi connectivity index (χ1v) is 7.77. The molecule has 22 heavy (non-hydrogen) atoms. The van der Waals surface area contributed by atoms with Crippen LogP contribution in [0.1, 0.15) is 29.2 Å². The molecule has 5 nitrogen and oxygen atoms in total. The molecular formula is C12H12BrF3N4OS. The van der Waals surface area contributed by atoms with Gasteiger partial charge in [-0.15, -0.1) is 11.3 Å². The number of aryl methyl sites for hydroxylation is 1. The summed E-state index contributed by atoms with van der Waals surface area (Å²) < 4.78 is 39.4. The van der Waals surface area contributed by atoms with Crippen LogP contribution in [0.3, 0.4) is 0 Å². The molecule has 1 atom stereocenters. The minimum atomic E-state index is -4.59. The molecule has 0 saturated carbocycles. The molecule has 0 aliphatic rings. The van der Waals surface area contributed by atoms with Crippen molar-refractivity contribution in [3.63, 3.8) is 0 Å². The van der Waals surface area contributed by atoms with Crippen LogP contribution in [0.25, 0.3) is 0 Å². The van der Waals surface area contributed by atoms with Crippen molar-refractivity contribution in [2.75, 3.05) is 5.32 Å². The number of alkyl halides is 3. The zero-order valence-electron chi connectivity index (χ0n) is 11.8. The Hall–Kier alpha value is -1.42. The smallest absolute Gasteiger partial charge is 0.300 e. The van der Waals surface area contributed by atoms with Crippen LogP contribution in [-0.2, 0) is 11.0 Å². The van der Waals surface area contributed by atoms with Gasteiger partial charge in [-0.25, -0.2) is 4.98 Å². The molecule has 0 radical (unpaired) electrons. The van der Waals surface area contributed by atoms with Gasteiger partial charge in [0.05, 0.1) is 10.2 Å². The molecule has 10 heteroatoms. The number of carbonyl (C=O) groups is 1. The van der Waals surface area contributed by atoms with Gasteiger partial charge in [0.1, 0.15) is 6.04 Å². The van der Waals surface area contributed by atoms with Gasteiger partial charge in [-0.05, 0) is 36.7 Å². The lowest BCUT2D eigenvalue weighted by atomic mass is 10.3. The second kappa shape index (κ2) is 5.99. The topological polar surface area (TPSA) is 59.8 Å². The molecule has 2 aromatic heterocycles. The Morgan fingerprint density at radius 2 is 2.09 bits per heavy atom. The number of amides is 1. The Labute approximate surface area is 136 Å². The number of hydrogen-bond acceptors (Lipinski definition) is 4. The van der Waals surface area contributed by atoms with E-state index in [2.05, 4.69) is 31.3 Å². The summed E-state index contributed by atoms with van der Waals surface area (Å²) >= 11 is 4.16. The summed E-state index contributed by atoms with van der Waals surface area (Å²) in [5.41, 5.74) is -0.819. The highest BCUT2D eigenvalue weighted by atomic mass is 79.9. The predicted molar refractivity (Wildman–Crippen MR) is 79.9 cm³/mol. The van der Waals surface area contributed by atoms with Crippen LogP contribution >= 0.6 is 27.3 Å². The summed E-state index contributed by atoms with van der Waals surface area (Å²) in [4.78, 5) is 17.0. The monoisotopic (exact) mass is 396 g/mol. The summed E-state index contributed by atoms with van der Waals surface area (Å²) in [5.74, 6) is -0.485. The number of nitrogens with zero attached hydrogens (tertiary/aromatic N) is 3. The molecular weight excluding hydrogens is 385 g/mol. The normalized spacial score (nSPS) is 13.2. The third-order valence-electron chi connectivity index (χ3n) is 2.94. The molecule has 2 rings (SSSR count). The van der Waals surface area contributed by atoms with Gasteiger partial charge >= 0.3 is 6.18 Å². The molecule has 2 heterocycles. The first-order chi connectivity index (χ1) is 10.1. The maximum atomic E-state index is 12.8. The fourth-order valence-corrected chi connectivity index (χ4v) is 2.94. The van der Waals surface area contributed by atoms with Gasteiger partial charge in [0, 0.05) is 11.1 Å². The molecule has 0 aliphatic heterocycles. The second-order valence-corrected chi connectivity index (χ2v) is 6.66. The Balaban J connectivity index is 2.25. The molecule has 0 bridgehead atoms. The summed E-state index contributed by atoms with van der Waals surface area (Å²) in [6.45, 7) is 4.77. The zero-order chi connectivity index (χ0) is 16.7. The Bertz CT molecular complexity index is 710. The zero-order valence-corrected chi connectivity index (χ0v) is 14.2. The van der Waals surface area contributed by atoms with E-state index in [-0.39, 0.29) is 10.2 Å². The SMILES string of the molecule is Cc1cnc(NC(=O)[C@@H](C)n2nc(C(F)(F)F)c(Br)c2C)s1. The van der Waals surface area contributed by atoms with Crippen molar-refractivity contribution in [2.45, 2.75) is 33.0 Å². The maximum Gasteiger partial charge on any atom is 0.436 e. The van der Waals surface area contributed by atoms with Gasteiger partial charge in [0.15, 0.2) is 10.8 Å². The lowest BCUT2D eigenvalue weighted by molar-refractivity contribution is -0.142. The summed E-state index contributed by atoms with van der Waals surface area (Å²) in [5, 5.41) is 6.48. The van der Waals surface area contributed by atoms with Gasteiger partial charge in [-0.1, -0.05) is 0 Å². The summed E-state index contributed by atoms with van der Waals surface area (Å²) in [7, 11) is 0. The highest BCUT2D eigenvalue weighted by Crippen LogP contribution is 2.36. The van der Waals surface area contributed by atoms with Crippen LogP contribution in [0, 0.1) is 13.8 Å². The Morgan fingerprint density at radius 3 is 2.55 bits per heavy atom. The first-order valence-electron chi connectivity index (χ1n) is 6.16. The molecule has 0 unspecified atom stereocenters. The average Bonchev–Trinajstić information content (AvgIpc) is 2.93. The highest BCUT2D eigenvalue weighted by molar-refractivity contribution is 9.10. The molecule has 120 valence electrons. The number of anilines is 1. The molecule has 0 aromatic carbocycles. The Kier molecular flexibility index (Phi) is 4.62. The van der Waals surface area contributed by atoms with Crippen LogP contribution in [-0.4, -0.2) is 20.7 Å². The van der Waals surface area contributed by atoms with Crippen molar-refractivity contribution in [3.8, 4) is 0 Å². The van der Waals surface area contributed by atoms with E-state index in [4.69, 9.17) is 0 Å². The van der Waals surface area contributed by atoms with Crippen LogP contribution in [0.2, 0.25) is 0 Å². The van der Waals surface area contributed by atoms with Crippen LogP contribution in [0.15, 0.2) is 10.7 Å². The largest absolute Gasteiger partial charge is 0.436 e. The van der Waals surface area contributed by atoms with Gasteiger partial charge in [0.2, 0.25) is 0 Å². The van der Waals surface area contributed by atoms with Gasteiger partial charge in [-0.2, -0.15) is 18.3 Å². The molecule has 0 fully saturated rings. The number of nitrogens with one attached hydrogen (secondary N) is 1. The number of hydrogen-bond donors (Lipinski definition) is 1. The third-order valence-corrected chi connectivity index (χ3v) is 4.72. The van der Waals surface area contributed by atoms with Gasteiger partial charge in [0.25, 0.3) is 5.91 Å². The van der Waals surface area contributed by atoms with Gasteiger partial charge in [-0.3, -0.25) is 9.48 Å². The van der Waals surface area contributed by atoms with E-state index in [0.29, 0.717) is 5.13 Å². The number of thiazole rings is 1. The molecule has 0 aliphatic carbocycles. The molecule has 0 saturated heterocycles. The molecule has 1 N–H and O–H groups in total. The van der Waals surface area contributed by atoms with Crippen molar-refractivity contribution < 1.29 is 18.0 Å². The van der Waals surface area contributed by atoms with Crippen molar-refractivity contribution in [1.29, 1.82) is 0 Å². The minimum Gasteiger partial charge on any atom is -0.300 e. The maximum absolute atomic E-state index is 12.8. The highest BCUT2D eigenvalue weighted by Gasteiger charge is 2.39. The van der Waals surface area contributed by atoms with E-state index < -0.39 is 23.8 Å². The van der Waals surface area contributed by atoms with Crippen LogP contribution in [0.5, 0.6) is 0 Å². The average molecular weight is 397 g/mol. The number of rotatable bonds is 3. The predicted octanol–water partition coefficient (Wildman–Crippen LogP) is 3.94. The summed E-state index contributed by atoms with van der Waals surface area (Å²) in [6, 6.07) is -0.906. The van der Waals surface area contributed by atoms with E-state index in [9.17, 15) is 18.0 Å². The lowest BCUT2D eigenvalue weighted by Gasteiger charge is -2.13. The number of halogens is 4. The fraction of sp³-hybridized carbons (Fsp3) is 0.417. The van der Waals surface area contributed by atoms with E-state index in [1.165, 1.54) is 25.2 Å². The third kappa shape index (κ3) is 3.32. The van der Waals surface area contributed by atoms with E-state index in [0.717, 1.165) is 9.56 Å². The fourth-order valence-electron chi connectivity index (χ4n) is 1.79. The second-order valence-electron chi connectivity index (χ2n) is 4.63. The van der Waals surface area contributed by atoms with Crippen molar-refractivity contribution in [1.82, 2.24) is 14.8 Å². The Morgan fingerprint density at radius 1 is 1.45 bits per heavy atom. The van der Waals surface area contributed by atoms with Crippen molar-refractivity contribution in [3.05, 3.63) is 26.9 Å². The van der Waals surface area contributed by atoms with E-state index in [1.807, 2.05) is 6.92 Å². The molecule has 0 spiro atoms. The number of carbonyl (C=O) groups excluding carboxylic acids is 1. The van der Waals surface area contributed by atoms with Crippen LogP contribution < -0.4 is 5.32 Å². The first kappa shape index (κ1) is 16.9. The molecule has 1 amide bonds. The van der Waals surface area contributed by atoms with Gasteiger partial charge < -0.3 is 5.32 Å². The quantitative estimate of drug-likeness (QED) is 0.854. The summed E-state index contributed by atoms with van der Waals surface area (Å²) in [6.07, 6.45) is -2.99.